The molecule has 9 heavy (non-hydrogen) atoms. The average molecular weight is 153 g/mol. The summed E-state index contributed by atoms with van der Waals surface area (Å²) in [6.45, 7) is 2.05. The van der Waals surface area contributed by atoms with Crippen LogP contribution in [0.4, 0.5) is 0 Å². The van der Waals surface area contributed by atoms with Crippen molar-refractivity contribution in [3.63, 3.8) is 0 Å². The maximum absolute atomic E-state index is 10.8. The van der Waals surface area contributed by atoms with Crippen LogP contribution in [0.5, 0.6) is 0 Å². The minimum absolute atomic E-state index is 0.279. The number of rotatable bonds is 4. The van der Waals surface area contributed by atoms with E-state index >= 15 is 0 Å². The Kier molecular flexibility index (Phi) is 4.06. The van der Waals surface area contributed by atoms with Crippen LogP contribution in [0.25, 0.3) is 0 Å². The monoisotopic (exact) mass is 153 g/mol. The van der Waals surface area contributed by atoms with Crippen molar-refractivity contribution in [2.24, 2.45) is 5.73 Å². The summed E-state index contributed by atoms with van der Waals surface area (Å²) in [5.41, 5.74) is 5.09. The Labute approximate surface area is 54.9 Å². The molecule has 0 radical (unpaired) electrons. The van der Waals surface area contributed by atoms with Gasteiger partial charge >= 0.3 is 7.60 Å². The van der Waals surface area contributed by atoms with Gasteiger partial charge in [0.1, 0.15) is 0 Å². The van der Waals surface area contributed by atoms with E-state index in [9.17, 15) is 4.57 Å². The summed E-state index contributed by atoms with van der Waals surface area (Å²) >= 11 is 0. The van der Waals surface area contributed by atoms with Gasteiger partial charge < -0.3 is 14.8 Å². The summed E-state index contributed by atoms with van der Waals surface area (Å²) in [5.74, 6) is 0. The highest BCUT2D eigenvalue weighted by molar-refractivity contribution is 7.52. The van der Waals surface area contributed by atoms with E-state index in [0.717, 1.165) is 0 Å². The van der Waals surface area contributed by atoms with Crippen molar-refractivity contribution in [3.05, 3.63) is 0 Å². The Hall–Kier alpha value is 0.110. The molecular weight excluding hydrogens is 141 g/mol. The van der Waals surface area contributed by atoms with Crippen molar-refractivity contribution in [3.8, 4) is 0 Å². The first-order valence-electron chi connectivity index (χ1n) is 2.60. The van der Waals surface area contributed by atoms with Crippen molar-refractivity contribution in [1.82, 2.24) is 0 Å². The van der Waals surface area contributed by atoms with Crippen LogP contribution in [-0.2, 0) is 13.6 Å². The normalized spacial score (nSPS) is 17.2. The predicted octanol–water partition coefficient (Wildman–Crippen LogP) is 0.431. The zero-order valence-corrected chi connectivity index (χ0v) is 6.56. The van der Waals surface area contributed by atoms with Gasteiger partial charge in [0.2, 0.25) is 0 Å². The van der Waals surface area contributed by atoms with Crippen molar-refractivity contribution in [2.45, 2.75) is 0 Å². The first-order valence-corrected chi connectivity index (χ1v) is 4.59. The maximum atomic E-state index is 10.8. The highest BCUT2D eigenvalue weighted by atomic mass is 31.2. The summed E-state index contributed by atoms with van der Waals surface area (Å²) in [4.78, 5) is 0. The zero-order valence-electron chi connectivity index (χ0n) is 5.66. The van der Waals surface area contributed by atoms with Crippen LogP contribution in [0.2, 0.25) is 0 Å². The quantitative estimate of drug-likeness (QED) is 0.595. The highest BCUT2D eigenvalue weighted by Crippen LogP contribution is 2.41. The third kappa shape index (κ3) is 4.60. The standard InChI is InChI=1S/C4H12NO3P/c1-7-9(2,6)8-4-3-5/h3-5H2,1-2H3. The molecule has 0 spiro atoms. The molecule has 0 saturated heterocycles. The second-order valence-electron chi connectivity index (χ2n) is 1.58. The van der Waals surface area contributed by atoms with Crippen molar-refractivity contribution in [2.75, 3.05) is 26.9 Å². The third-order valence-corrected chi connectivity index (χ3v) is 2.09. The number of hydrogen-bond acceptors (Lipinski definition) is 4. The fourth-order valence-electron chi connectivity index (χ4n) is 0.271. The Morgan fingerprint density at radius 3 is 2.56 bits per heavy atom. The van der Waals surface area contributed by atoms with Crippen LogP contribution < -0.4 is 5.73 Å². The molecule has 0 amide bonds. The number of nitrogens with two attached hydrogens (primary N) is 1. The molecule has 0 aromatic heterocycles. The van der Waals surface area contributed by atoms with Gasteiger partial charge in [0.25, 0.3) is 0 Å². The first kappa shape index (κ1) is 9.11. The van der Waals surface area contributed by atoms with Gasteiger partial charge in [0.15, 0.2) is 0 Å². The van der Waals surface area contributed by atoms with Crippen molar-refractivity contribution in [1.29, 1.82) is 0 Å². The topological polar surface area (TPSA) is 61.5 Å². The van der Waals surface area contributed by atoms with Crippen LogP contribution in [0.3, 0.4) is 0 Å². The fourth-order valence-corrected chi connectivity index (χ4v) is 0.814. The summed E-state index contributed by atoms with van der Waals surface area (Å²) in [5, 5.41) is 0. The van der Waals surface area contributed by atoms with E-state index in [0.29, 0.717) is 6.54 Å². The predicted molar refractivity (Wildman–Crippen MR) is 35.5 cm³/mol. The van der Waals surface area contributed by atoms with Gasteiger partial charge in [-0.1, -0.05) is 0 Å². The number of hydrogen-bond donors (Lipinski definition) is 1. The summed E-state index contributed by atoms with van der Waals surface area (Å²) in [6.07, 6.45) is 0. The van der Waals surface area contributed by atoms with E-state index < -0.39 is 7.60 Å². The van der Waals surface area contributed by atoms with Gasteiger partial charge in [-0.25, -0.2) is 0 Å². The highest BCUT2D eigenvalue weighted by Gasteiger charge is 2.12. The van der Waals surface area contributed by atoms with E-state index in [1.807, 2.05) is 0 Å². The van der Waals surface area contributed by atoms with Crippen LogP contribution in [0.15, 0.2) is 0 Å². The molecule has 0 saturated carbocycles. The van der Waals surface area contributed by atoms with E-state index in [1.165, 1.54) is 13.8 Å². The van der Waals surface area contributed by atoms with Gasteiger partial charge in [0.05, 0.1) is 6.61 Å². The Balaban J connectivity index is 3.46. The lowest BCUT2D eigenvalue weighted by atomic mass is 10.8. The molecule has 4 nitrogen and oxygen atoms in total. The van der Waals surface area contributed by atoms with E-state index in [2.05, 4.69) is 4.52 Å². The lowest BCUT2D eigenvalue weighted by Gasteiger charge is -2.08. The smallest absolute Gasteiger partial charge is 0.327 e. The molecule has 0 bridgehead atoms. The summed E-state index contributed by atoms with van der Waals surface area (Å²) in [6, 6.07) is 0. The summed E-state index contributed by atoms with van der Waals surface area (Å²) < 4.78 is 20.1. The third-order valence-electron chi connectivity index (χ3n) is 0.775. The average Bonchev–Trinajstić information content (AvgIpc) is 1.84. The molecular formula is C4H12NO3P. The second kappa shape index (κ2) is 4.01. The molecule has 5 heteroatoms. The molecule has 2 N–H and O–H groups in total. The SMILES string of the molecule is COP(C)(=O)OCCN. The van der Waals surface area contributed by atoms with Crippen molar-refractivity contribution < 1.29 is 13.6 Å². The molecule has 0 aromatic carbocycles. The van der Waals surface area contributed by atoms with Crippen molar-refractivity contribution >= 4 is 7.60 Å². The van der Waals surface area contributed by atoms with E-state index in [1.54, 1.807) is 0 Å². The summed E-state index contributed by atoms with van der Waals surface area (Å²) in [7, 11) is -1.43. The molecule has 0 fully saturated rings. The van der Waals surface area contributed by atoms with Gasteiger partial charge in [-0.15, -0.1) is 0 Å². The van der Waals surface area contributed by atoms with Crippen LogP contribution in [-0.4, -0.2) is 26.9 Å². The first-order chi connectivity index (χ1) is 4.12. The molecule has 0 rings (SSSR count). The van der Waals surface area contributed by atoms with Gasteiger partial charge in [-0.05, 0) is 0 Å². The maximum Gasteiger partial charge on any atom is 0.327 e. The van der Waals surface area contributed by atoms with Gasteiger partial charge in [-0.2, -0.15) is 0 Å². The molecule has 0 aliphatic carbocycles. The van der Waals surface area contributed by atoms with Crippen LogP contribution >= 0.6 is 7.60 Å². The zero-order chi connectivity index (χ0) is 7.33. The van der Waals surface area contributed by atoms with E-state index in [-0.39, 0.29) is 6.61 Å². The molecule has 0 aliphatic rings. The minimum Gasteiger partial charge on any atom is -0.328 e. The lowest BCUT2D eigenvalue weighted by molar-refractivity contribution is 0.244. The molecule has 0 aromatic rings. The van der Waals surface area contributed by atoms with Gasteiger partial charge in [0, 0.05) is 20.3 Å². The molecule has 0 aliphatic heterocycles. The Morgan fingerprint density at radius 1 is 1.67 bits per heavy atom. The lowest BCUT2D eigenvalue weighted by Crippen LogP contribution is -2.07. The molecule has 1 unspecified atom stereocenters. The molecule has 1 atom stereocenters. The largest absolute Gasteiger partial charge is 0.328 e. The Bertz CT molecular complexity index is 116. The fraction of sp³-hybridized carbons (Fsp3) is 1.00. The molecule has 56 valence electrons. The van der Waals surface area contributed by atoms with Crippen LogP contribution in [0.1, 0.15) is 0 Å². The van der Waals surface area contributed by atoms with E-state index in [4.69, 9.17) is 10.3 Å². The van der Waals surface area contributed by atoms with Gasteiger partial charge in [-0.3, -0.25) is 4.57 Å². The second-order valence-corrected chi connectivity index (χ2v) is 3.74. The van der Waals surface area contributed by atoms with Crippen LogP contribution in [0, 0.1) is 0 Å². The minimum atomic E-state index is -2.77. The Morgan fingerprint density at radius 2 is 2.22 bits per heavy atom. The molecule has 0 heterocycles.